The van der Waals surface area contributed by atoms with Crippen LogP contribution in [0.15, 0.2) is 46.9 Å². The van der Waals surface area contributed by atoms with Crippen molar-refractivity contribution in [3.8, 4) is 5.75 Å². The van der Waals surface area contributed by atoms with Gasteiger partial charge in [-0.05, 0) is 70.7 Å². The summed E-state index contributed by atoms with van der Waals surface area (Å²) in [5.41, 5.74) is 6.12. The van der Waals surface area contributed by atoms with Crippen LogP contribution in [0.3, 0.4) is 0 Å². The minimum Gasteiger partial charge on any atom is -0.492 e. The van der Waals surface area contributed by atoms with Crippen LogP contribution in [-0.4, -0.2) is 24.3 Å². The molecule has 0 aromatic heterocycles. The van der Waals surface area contributed by atoms with E-state index in [9.17, 15) is 14.4 Å². The maximum atomic E-state index is 12.3. The summed E-state index contributed by atoms with van der Waals surface area (Å²) in [6, 6.07) is 11.4. The normalized spacial score (nSPS) is 10.5. The van der Waals surface area contributed by atoms with E-state index >= 15 is 0 Å². The van der Waals surface area contributed by atoms with E-state index in [0.29, 0.717) is 46.0 Å². The topological polar surface area (TPSA) is 96.5 Å². The summed E-state index contributed by atoms with van der Waals surface area (Å²) in [4.78, 5) is 36.4. The molecule has 7 nitrogen and oxygen atoms in total. The molecule has 0 atom stereocenters. The zero-order valence-corrected chi connectivity index (χ0v) is 19.5. The number of hydrogen-bond donors (Lipinski definition) is 3. The monoisotopic (exact) mass is 489 g/mol. The summed E-state index contributed by atoms with van der Waals surface area (Å²) < 4.78 is 6.32. The summed E-state index contributed by atoms with van der Waals surface area (Å²) >= 11 is 3.40. The molecule has 0 spiro atoms. The number of ether oxygens (including phenoxy) is 1. The third-order valence-electron chi connectivity index (χ3n) is 4.24. The van der Waals surface area contributed by atoms with Crippen molar-refractivity contribution in [2.24, 2.45) is 5.92 Å². The number of unbranched alkanes of at least 4 members (excludes halogenated alkanes) is 1. The van der Waals surface area contributed by atoms with Crippen molar-refractivity contribution in [1.82, 2.24) is 10.9 Å². The molecule has 0 radical (unpaired) electrons. The second kappa shape index (κ2) is 12.1. The molecule has 0 aliphatic rings. The first-order chi connectivity index (χ1) is 14.8. The average Bonchev–Trinajstić information content (AvgIpc) is 2.75. The van der Waals surface area contributed by atoms with E-state index in [1.54, 1.807) is 42.5 Å². The van der Waals surface area contributed by atoms with Gasteiger partial charge in [-0.25, -0.2) is 0 Å². The van der Waals surface area contributed by atoms with E-state index in [0.717, 1.165) is 12.8 Å². The first-order valence-corrected chi connectivity index (χ1v) is 11.0. The van der Waals surface area contributed by atoms with Crippen LogP contribution >= 0.6 is 15.9 Å². The van der Waals surface area contributed by atoms with Gasteiger partial charge in [-0.2, -0.15) is 0 Å². The van der Waals surface area contributed by atoms with Gasteiger partial charge < -0.3 is 10.1 Å². The molecular weight excluding hydrogens is 462 g/mol. The second-order valence-electron chi connectivity index (χ2n) is 7.49. The van der Waals surface area contributed by atoms with Crippen molar-refractivity contribution in [3.63, 3.8) is 0 Å². The molecule has 0 aliphatic carbocycles. The zero-order valence-electron chi connectivity index (χ0n) is 18.0. The number of halogens is 1. The van der Waals surface area contributed by atoms with Crippen molar-refractivity contribution in [2.45, 2.75) is 40.0 Å². The molecule has 0 saturated carbocycles. The number of carbonyl (C=O) groups excluding carboxylic acids is 3. The highest BCUT2D eigenvalue weighted by atomic mass is 79.9. The van der Waals surface area contributed by atoms with E-state index < -0.39 is 11.8 Å². The van der Waals surface area contributed by atoms with Crippen LogP contribution in [0.5, 0.6) is 5.75 Å². The quantitative estimate of drug-likeness (QED) is 0.445. The van der Waals surface area contributed by atoms with Crippen LogP contribution in [0.25, 0.3) is 0 Å². The Balaban J connectivity index is 1.88. The molecule has 2 aromatic carbocycles. The summed E-state index contributed by atoms with van der Waals surface area (Å²) in [6.07, 6.45) is 2.24. The molecular formula is C23H28BrN3O4. The molecule has 0 heterocycles. The predicted molar refractivity (Wildman–Crippen MR) is 124 cm³/mol. The van der Waals surface area contributed by atoms with Gasteiger partial charge in [-0.1, -0.05) is 27.2 Å². The van der Waals surface area contributed by atoms with Gasteiger partial charge in [0.2, 0.25) is 5.91 Å². The van der Waals surface area contributed by atoms with E-state index in [2.05, 4.69) is 45.9 Å². The fourth-order valence-electron chi connectivity index (χ4n) is 2.54. The van der Waals surface area contributed by atoms with Crippen LogP contribution in [0.4, 0.5) is 5.69 Å². The minimum absolute atomic E-state index is 0.0573. The van der Waals surface area contributed by atoms with E-state index in [4.69, 9.17) is 4.74 Å². The third kappa shape index (κ3) is 8.05. The Kier molecular flexibility index (Phi) is 9.52. The maximum Gasteiger partial charge on any atom is 0.269 e. The first-order valence-electron chi connectivity index (χ1n) is 10.2. The molecule has 31 heavy (non-hydrogen) atoms. The van der Waals surface area contributed by atoms with E-state index in [-0.39, 0.29) is 5.91 Å². The summed E-state index contributed by atoms with van der Waals surface area (Å²) in [5.74, 6) is 0.0585. The molecule has 0 bridgehead atoms. The third-order valence-corrected chi connectivity index (χ3v) is 4.86. The number of hydrazine groups is 1. The molecule has 166 valence electrons. The Bertz CT molecular complexity index is 914. The summed E-state index contributed by atoms with van der Waals surface area (Å²) in [7, 11) is 0. The Labute approximate surface area is 191 Å². The van der Waals surface area contributed by atoms with E-state index in [1.807, 2.05) is 6.92 Å². The summed E-state index contributed by atoms with van der Waals surface area (Å²) in [5, 5.41) is 2.78. The van der Waals surface area contributed by atoms with Gasteiger partial charge in [-0.15, -0.1) is 0 Å². The second-order valence-corrected chi connectivity index (χ2v) is 8.34. The van der Waals surface area contributed by atoms with Crippen LogP contribution in [0, 0.1) is 5.92 Å². The van der Waals surface area contributed by atoms with Crippen LogP contribution in [0.1, 0.15) is 60.7 Å². The van der Waals surface area contributed by atoms with Crippen molar-refractivity contribution in [3.05, 3.63) is 58.1 Å². The highest BCUT2D eigenvalue weighted by molar-refractivity contribution is 9.10. The molecule has 3 N–H and O–H groups in total. The predicted octanol–water partition coefficient (Wildman–Crippen LogP) is 4.69. The molecule has 2 aromatic rings. The molecule has 3 amide bonds. The smallest absolute Gasteiger partial charge is 0.269 e. The van der Waals surface area contributed by atoms with Crippen LogP contribution < -0.4 is 20.9 Å². The average molecular weight is 490 g/mol. The molecule has 8 heteroatoms. The highest BCUT2D eigenvalue weighted by Crippen LogP contribution is 2.26. The number of amides is 3. The lowest BCUT2D eigenvalue weighted by Gasteiger charge is -2.12. The number of carbonyl (C=O) groups is 3. The van der Waals surface area contributed by atoms with Gasteiger partial charge in [0.25, 0.3) is 11.8 Å². The number of anilines is 1. The Morgan fingerprint density at radius 3 is 2.16 bits per heavy atom. The van der Waals surface area contributed by atoms with Gasteiger partial charge in [0.05, 0.1) is 11.1 Å². The van der Waals surface area contributed by atoms with Crippen molar-refractivity contribution in [2.75, 3.05) is 11.9 Å². The highest BCUT2D eigenvalue weighted by Gasteiger charge is 2.12. The molecule has 0 unspecified atom stereocenters. The van der Waals surface area contributed by atoms with Crippen molar-refractivity contribution in [1.29, 1.82) is 0 Å². The zero-order chi connectivity index (χ0) is 22.8. The van der Waals surface area contributed by atoms with Gasteiger partial charge in [0, 0.05) is 23.2 Å². The molecule has 2 rings (SSSR count). The van der Waals surface area contributed by atoms with E-state index in [1.165, 1.54) is 0 Å². The lowest BCUT2D eigenvalue weighted by Crippen LogP contribution is -2.41. The lowest BCUT2D eigenvalue weighted by atomic mass is 10.2. The maximum absolute atomic E-state index is 12.3. The van der Waals surface area contributed by atoms with Gasteiger partial charge >= 0.3 is 0 Å². The molecule has 0 fully saturated rings. The van der Waals surface area contributed by atoms with Crippen molar-refractivity contribution < 1.29 is 19.1 Å². The van der Waals surface area contributed by atoms with Gasteiger partial charge in [-0.3, -0.25) is 25.2 Å². The molecule has 0 saturated heterocycles. The largest absolute Gasteiger partial charge is 0.492 e. The van der Waals surface area contributed by atoms with Gasteiger partial charge in [0.1, 0.15) is 5.75 Å². The lowest BCUT2D eigenvalue weighted by molar-refractivity contribution is -0.116. The fourth-order valence-corrected chi connectivity index (χ4v) is 3.03. The number of rotatable bonds is 9. The standard InChI is InChI=1S/C23H28BrN3O4/c1-4-5-6-21(28)25-18-10-7-16(8-11-18)22(29)26-27-23(30)17-9-12-20(19(24)13-17)31-14-15(2)3/h7-13,15H,4-6,14H2,1-3H3,(H,25,28)(H,26,29)(H,27,30). The molecule has 0 aliphatic heterocycles. The Morgan fingerprint density at radius 1 is 0.968 bits per heavy atom. The van der Waals surface area contributed by atoms with Crippen LogP contribution in [-0.2, 0) is 4.79 Å². The van der Waals surface area contributed by atoms with Crippen molar-refractivity contribution >= 4 is 39.3 Å². The Hall–Kier alpha value is -2.87. The minimum atomic E-state index is -0.465. The number of nitrogens with one attached hydrogen (secondary N) is 3. The first kappa shape index (κ1) is 24.4. The SMILES string of the molecule is CCCCC(=O)Nc1ccc(C(=O)NNC(=O)c2ccc(OCC(C)C)c(Br)c2)cc1. The van der Waals surface area contributed by atoms with Crippen LogP contribution in [0.2, 0.25) is 0 Å². The Morgan fingerprint density at radius 2 is 1.58 bits per heavy atom. The summed E-state index contributed by atoms with van der Waals surface area (Å²) in [6.45, 7) is 6.70. The number of hydrogen-bond acceptors (Lipinski definition) is 4. The number of benzene rings is 2. The van der Waals surface area contributed by atoms with Gasteiger partial charge in [0.15, 0.2) is 0 Å². The fraction of sp³-hybridized carbons (Fsp3) is 0.348.